The minimum absolute atomic E-state index is 0.0422. The van der Waals surface area contributed by atoms with Crippen LogP contribution in [0, 0.1) is 0 Å². The number of thioether (sulfide) groups is 1. The first kappa shape index (κ1) is 19.3. The summed E-state index contributed by atoms with van der Waals surface area (Å²) in [4.78, 5) is 23.4. The molecule has 1 amide bonds. The van der Waals surface area contributed by atoms with Gasteiger partial charge >= 0.3 is 11.5 Å². The Morgan fingerprint density at radius 3 is 2.39 bits per heavy atom. The molecule has 0 radical (unpaired) electrons. The minimum Gasteiger partial charge on any atom is -0.449 e. The van der Waals surface area contributed by atoms with Crippen LogP contribution in [-0.2, 0) is 14.3 Å². The summed E-state index contributed by atoms with van der Waals surface area (Å²) in [7, 11) is 1.48. The van der Waals surface area contributed by atoms with Crippen molar-refractivity contribution in [3.05, 3.63) is 29.8 Å². The normalized spacial score (nSPS) is 12.6. The van der Waals surface area contributed by atoms with Crippen molar-refractivity contribution in [3.8, 4) is 0 Å². The van der Waals surface area contributed by atoms with E-state index in [4.69, 9.17) is 9.47 Å². The van der Waals surface area contributed by atoms with Crippen molar-refractivity contribution < 1.29 is 32.2 Å². The van der Waals surface area contributed by atoms with E-state index in [2.05, 4.69) is 5.32 Å². The third-order valence-electron chi connectivity index (χ3n) is 2.58. The maximum atomic E-state index is 12.2. The van der Waals surface area contributed by atoms with E-state index >= 15 is 0 Å². The van der Waals surface area contributed by atoms with E-state index in [0.717, 1.165) is 12.1 Å². The number of hydrogen-bond acceptors (Lipinski definition) is 5. The van der Waals surface area contributed by atoms with E-state index < -0.39 is 23.5 Å². The zero-order valence-corrected chi connectivity index (χ0v) is 13.3. The molecule has 1 aromatic carbocycles. The maximum absolute atomic E-state index is 12.2. The first-order valence-corrected chi connectivity index (χ1v) is 7.38. The first-order valence-electron chi connectivity index (χ1n) is 6.56. The van der Waals surface area contributed by atoms with Crippen LogP contribution in [0.2, 0.25) is 0 Å². The molecule has 0 unspecified atom stereocenters. The molecule has 0 bridgehead atoms. The average Bonchev–Trinajstić information content (AvgIpc) is 2.46. The predicted molar refractivity (Wildman–Crippen MR) is 78.1 cm³/mol. The molecule has 1 atom stereocenters. The van der Waals surface area contributed by atoms with Crippen LogP contribution in [0.4, 0.5) is 13.2 Å². The molecule has 0 saturated heterocycles. The van der Waals surface area contributed by atoms with Gasteiger partial charge in [0, 0.05) is 18.6 Å². The van der Waals surface area contributed by atoms with Gasteiger partial charge in [0.2, 0.25) is 0 Å². The summed E-state index contributed by atoms with van der Waals surface area (Å²) >= 11 is -0.277. The molecule has 0 aliphatic carbocycles. The lowest BCUT2D eigenvalue weighted by molar-refractivity contribution is -0.129. The maximum Gasteiger partial charge on any atom is 0.446 e. The molecule has 128 valence electrons. The topological polar surface area (TPSA) is 64.6 Å². The smallest absolute Gasteiger partial charge is 0.446 e. The number of hydrogen-bond donors (Lipinski definition) is 1. The van der Waals surface area contributed by atoms with E-state index in [1.165, 1.54) is 26.2 Å². The third kappa shape index (κ3) is 7.38. The van der Waals surface area contributed by atoms with Crippen LogP contribution in [-0.4, -0.2) is 43.8 Å². The van der Waals surface area contributed by atoms with Crippen molar-refractivity contribution in [2.75, 3.05) is 20.3 Å². The summed E-state index contributed by atoms with van der Waals surface area (Å²) < 4.78 is 46.3. The van der Waals surface area contributed by atoms with E-state index in [1.807, 2.05) is 0 Å². The number of halogens is 3. The fourth-order valence-corrected chi connectivity index (χ4v) is 2.03. The highest BCUT2D eigenvalue weighted by atomic mass is 32.2. The zero-order valence-electron chi connectivity index (χ0n) is 12.5. The van der Waals surface area contributed by atoms with Gasteiger partial charge in [0.1, 0.15) is 0 Å². The summed E-state index contributed by atoms with van der Waals surface area (Å²) in [5, 5.41) is 2.51. The van der Waals surface area contributed by atoms with E-state index in [-0.39, 0.29) is 28.8 Å². The van der Waals surface area contributed by atoms with Gasteiger partial charge in [-0.2, -0.15) is 13.2 Å². The van der Waals surface area contributed by atoms with Crippen molar-refractivity contribution in [2.24, 2.45) is 0 Å². The van der Waals surface area contributed by atoms with Crippen LogP contribution in [0.3, 0.4) is 0 Å². The van der Waals surface area contributed by atoms with Crippen molar-refractivity contribution in [3.63, 3.8) is 0 Å². The van der Waals surface area contributed by atoms with Crippen LogP contribution in [0.1, 0.15) is 17.3 Å². The Balaban J connectivity index is 2.55. The summed E-state index contributed by atoms with van der Waals surface area (Å²) in [5.41, 5.74) is -4.33. The summed E-state index contributed by atoms with van der Waals surface area (Å²) in [5.74, 6) is -1.28. The van der Waals surface area contributed by atoms with E-state index in [1.54, 1.807) is 0 Å². The van der Waals surface area contributed by atoms with Gasteiger partial charge in [0.15, 0.2) is 6.10 Å². The van der Waals surface area contributed by atoms with Gasteiger partial charge in [-0.15, -0.1) is 0 Å². The molecule has 1 rings (SSSR count). The highest BCUT2D eigenvalue weighted by Gasteiger charge is 2.29. The predicted octanol–water partition coefficient (Wildman–Crippen LogP) is 2.61. The second-order valence-corrected chi connectivity index (χ2v) is 5.54. The summed E-state index contributed by atoms with van der Waals surface area (Å²) in [6.07, 6.45) is -1.02. The Bertz CT molecular complexity index is 534. The van der Waals surface area contributed by atoms with Crippen molar-refractivity contribution in [2.45, 2.75) is 23.4 Å². The highest BCUT2D eigenvalue weighted by molar-refractivity contribution is 8.00. The van der Waals surface area contributed by atoms with Crippen molar-refractivity contribution in [1.82, 2.24) is 5.32 Å². The van der Waals surface area contributed by atoms with Gasteiger partial charge < -0.3 is 14.8 Å². The molecule has 0 saturated carbocycles. The van der Waals surface area contributed by atoms with Crippen LogP contribution in [0.15, 0.2) is 29.2 Å². The largest absolute Gasteiger partial charge is 0.449 e. The van der Waals surface area contributed by atoms with Crippen LogP contribution in [0.5, 0.6) is 0 Å². The molecule has 23 heavy (non-hydrogen) atoms. The van der Waals surface area contributed by atoms with Gasteiger partial charge in [0.05, 0.1) is 12.2 Å². The number of rotatable bonds is 7. The molecule has 9 heteroatoms. The third-order valence-corrected chi connectivity index (χ3v) is 3.32. The Hall–Kier alpha value is -1.74. The fraction of sp³-hybridized carbons (Fsp3) is 0.429. The lowest BCUT2D eigenvalue weighted by Gasteiger charge is -2.13. The van der Waals surface area contributed by atoms with Crippen molar-refractivity contribution >= 4 is 23.6 Å². The number of carbonyl (C=O) groups excluding carboxylic acids is 2. The molecule has 1 aromatic rings. The molecule has 0 aliphatic heterocycles. The minimum atomic E-state index is -4.39. The number of alkyl halides is 3. The monoisotopic (exact) mass is 351 g/mol. The molecular weight excluding hydrogens is 335 g/mol. The molecule has 1 N–H and O–H groups in total. The van der Waals surface area contributed by atoms with Gasteiger partial charge in [-0.3, -0.25) is 4.79 Å². The molecule has 0 fully saturated rings. The lowest BCUT2D eigenvalue weighted by atomic mass is 10.2. The Labute approximate surface area is 135 Å². The standard InChI is InChI=1S/C14H16F3NO4S/c1-9(12(19)18-7-8-21-2)22-13(20)10-3-5-11(6-4-10)23-14(15,16)17/h3-6,9H,7-8H2,1-2H3,(H,18,19)/t9-/m0/s1. The zero-order chi connectivity index (χ0) is 17.5. The van der Waals surface area contributed by atoms with Crippen LogP contribution in [0.25, 0.3) is 0 Å². The molecule has 0 aromatic heterocycles. The highest BCUT2D eigenvalue weighted by Crippen LogP contribution is 2.36. The molecule has 5 nitrogen and oxygen atoms in total. The van der Waals surface area contributed by atoms with Crippen LogP contribution < -0.4 is 5.32 Å². The summed E-state index contributed by atoms with van der Waals surface area (Å²) in [6.45, 7) is 2.00. The molecule has 0 aliphatic rings. The fourth-order valence-electron chi connectivity index (χ4n) is 1.49. The second kappa shape index (κ2) is 8.78. The Morgan fingerprint density at radius 2 is 1.87 bits per heavy atom. The second-order valence-electron chi connectivity index (χ2n) is 4.40. The van der Waals surface area contributed by atoms with E-state index in [9.17, 15) is 22.8 Å². The number of methoxy groups -OCH3 is 1. The number of nitrogens with one attached hydrogen (secondary N) is 1. The van der Waals surface area contributed by atoms with Gasteiger partial charge in [-0.1, -0.05) is 0 Å². The average molecular weight is 351 g/mol. The molecule has 0 spiro atoms. The number of benzene rings is 1. The number of carbonyl (C=O) groups is 2. The number of amides is 1. The van der Waals surface area contributed by atoms with Gasteiger partial charge in [0.25, 0.3) is 5.91 Å². The molecule has 0 heterocycles. The van der Waals surface area contributed by atoms with Crippen molar-refractivity contribution in [1.29, 1.82) is 0 Å². The van der Waals surface area contributed by atoms with Gasteiger partial charge in [-0.25, -0.2) is 4.79 Å². The quantitative estimate of drug-likeness (QED) is 0.465. The molecular formula is C14H16F3NO4S. The van der Waals surface area contributed by atoms with E-state index in [0.29, 0.717) is 6.61 Å². The number of ether oxygens (including phenoxy) is 2. The van der Waals surface area contributed by atoms with Crippen LogP contribution >= 0.6 is 11.8 Å². The number of esters is 1. The lowest BCUT2D eigenvalue weighted by Crippen LogP contribution is -2.37. The first-order chi connectivity index (χ1) is 10.7. The summed E-state index contributed by atoms with van der Waals surface area (Å²) in [6, 6.07) is 4.76. The Morgan fingerprint density at radius 1 is 1.26 bits per heavy atom. The SMILES string of the molecule is COCCNC(=O)[C@H](C)OC(=O)c1ccc(SC(F)(F)F)cc1. The van der Waals surface area contributed by atoms with Gasteiger partial charge in [-0.05, 0) is 43.0 Å². The Kier molecular flexibility index (Phi) is 7.37.